The molecule has 0 aliphatic carbocycles. The van der Waals surface area contributed by atoms with Crippen LogP contribution in [0, 0.1) is 5.92 Å². The monoisotopic (exact) mass is 294 g/mol. The van der Waals surface area contributed by atoms with Crippen LogP contribution in [0.5, 0.6) is 11.5 Å². The van der Waals surface area contributed by atoms with Crippen LogP contribution in [0.15, 0.2) is 18.2 Å². The molecule has 3 N–H and O–H groups in total. The Bertz CT molecular complexity index is 410. The smallest absolute Gasteiger partial charge is 0.123 e. The molecule has 0 aromatic heterocycles. The molecule has 0 saturated heterocycles. The minimum absolute atomic E-state index is 0.0804. The Morgan fingerprint density at radius 2 is 1.95 bits per heavy atom. The lowest BCUT2D eigenvalue weighted by Crippen LogP contribution is -2.30. The second kappa shape index (κ2) is 9.64. The number of rotatable bonds is 10. The zero-order valence-corrected chi connectivity index (χ0v) is 13.8. The molecule has 4 heteroatoms. The van der Waals surface area contributed by atoms with Crippen molar-refractivity contribution in [2.24, 2.45) is 11.8 Å². The topological polar surface area (TPSA) is 56.5 Å². The van der Waals surface area contributed by atoms with Gasteiger partial charge in [-0.1, -0.05) is 39.5 Å². The van der Waals surface area contributed by atoms with Crippen molar-refractivity contribution in [1.82, 2.24) is 5.43 Å². The highest BCUT2D eigenvalue weighted by atomic mass is 16.5. The molecule has 0 bridgehead atoms. The Balaban J connectivity index is 2.91. The molecule has 0 heterocycles. The summed E-state index contributed by atoms with van der Waals surface area (Å²) in [4.78, 5) is 0. The van der Waals surface area contributed by atoms with Crippen LogP contribution in [0.4, 0.5) is 0 Å². The molecular weight excluding hydrogens is 264 g/mol. The fourth-order valence-corrected chi connectivity index (χ4v) is 2.71. The molecule has 0 aliphatic rings. The summed E-state index contributed by atoms with van der Waals surface area (Å²) in [5.74, 6) is 8.15. The first-order chi connectivity index (χ1) is 10.2. The predicted octanol–water partition coefficient (Wildman–Crippen LogP) is 3.81. The molecule has 1 aromatic carbocycles. The van der Waals surface area contributed by atoms with Crippen LogP contribution < -0.4 is 20.7 Å². The van der Waals surface area contributed by atoms with Gasteiger partial charge in [0, 0.05) is 5.56 Å². The molecule has 0 saturated carbocycles. The van der Waals surface area contributed by atoms with E-state index >= 15 is 0 Å². The van der Waals surface area contributed by atoms with Crippen LogP contribution in [-0.4, -0.2) is 14.2 Å². The first kappa shape index (κ1) is 17.8. The number of nitrogens with one attached hydrogen (secondary N) is 1. The minimum atomic E-state index is 0.0804. The predicted molar refractivity (Wildman–Crippen MR) is 87.5 cm³/mol. The lowest BCUT2D eigenvalue weighted by atomic mass is 9.89. The maximum Gasteiger partial charge on any atom is 0.123 e. The lowest BCUT2D eigenvalue weighted by Gasteiger charge is -2.24. The van der Waals surface area contributed by atoms with Crippen LogP contribution in [0.2, 0.25) is 0 Å². The first-order valence-electron chi connectivity index (χ1n) is 7.88. The Morgan fingerprint density at radius 1 is 1.19 bits per heavy atom. The van der Waals surface area contributed by atoms with Gasteiger partial charge in [-0.3, -0.25) is 11.3 Å². The number of hydrogen-bond donors (Lipinski definition) is 2. The highest BCUT2D eigenvalue weighted by Gasteiger charge is 2.20. The van der Waals surface area contributed by atoms with Gasteiger partial charge >= 0.3 is 0 Å². The van der Waals surface area contributed by atoms with Crippen molar-refractivity contribution in [1.29, 1.82) is 0 Å². The lowest BCUT2D eigenvalue weighted by molar-refractivity contribution is 0.341. The van der Waals surface area contributed by atoms with Gasteiger partial charge in [0.05, 0.1) is 20.3 Å². The maximum atomic E-state index is 5.81. The van der Waals surface area contributed by atoms with Crippen molar-refractivity contribution in [2.75, 3.05) is 14.2 Å². The summed E-state index contributed by atoms with van der Waals surface area (Å²) < 4.78 is 10.8. The summed E-state index contributed by atoms with van der Waals surface area (Å²) in [7, 11) is 3.36. The molecule has 120 valence electrons. The van der Waals surface area contributed by atoms with Crippen LogP contribution >= 0.6 is 0 Å². The molecule has 4 nitrogen and oxygen atoms in total. The minimum Gasteiger partial charge on any atom is -0.497 e. The van der Waals surface area contributed by atoms with Gasteiger partial charge in [-0.25, -0.2) is 0 Å². The quantitative estimate of drug-likeness (QED) is 0.509. The number of benzene rings is 1. The summed E-state index contributed by atoms with van der Waals surface area (Å²) in [6.07, 6.45) is 5.93. The van der Waals surface area contributed by atoms with Crippen LogP contribution in [-0.2, 0) is 0 Å². The molecule has 0 amide bonds. The standard InChI is InChI=1S/C17H30N2O2/c1-5-7-8-13(6-2)11-16(19-18)15-12-14(20-3)9-10-17(15)21-4/h9-10,12-13,16,19H,5-8,11,18H2,1-4H3. The van der Waals surface area contributed by atoms with Crippen molar-refractivity contribution in [3.8, 4) is 11.5 Å². The second-order valence-corrected chi connectivity index (χ2v) is 5.48. The van der Waals surface area contributed by atoms with Crippen LogP contribution in [0.25, 0.3) is 0 Å². The number of unbranched alkanes of at least 4 members (excludes halogenated alkanes) is 1. The van der Waals surface area contributed by atoms with E-state index in [1.807, 2.05) is 18.2 Å². The number of methoxy groups -OCH3 is 2. The summed E-state index contributed by atoms with van der Waals surface area (Å²) in [5, 5.41) is 0. The van der Waals surface area contributed by atoms with Gasteiger partial charge < -0.3 is 9.47 Å². The summed E-state index contributed by atoms with van der Waals surface area (Å²) >= 11 is 0. The van der Waals surface area contributed by atoms with Gasteiger partial charge in [0.25, 0.3) is 0 Å². The Labute approximate surface area is 129 Å². The zero-order valence-electron chi connectivity index (χ0n) is 13.8. The van der Waals surface area contributed by atoms with Crippen LogP contribution in [0.3, 0.4) is 0 Å². The largest absolute Gasteiger partial charge is 0.497 e. The van der Waals surface area contributed by atoms with Gasteiger partial charge in [0.2, 0.25) is 0 Å². The highest BCUT2D eigenvalue weighted by molar-refractivity contribution is 5.42. The molecule has 1 rings (SSSR count). The third kappa shape index (κ3) is 5.21. The van der Waals surface area contributed by atoms with E-state index in [1.54, 1.807) is 14.2 Å². The molecule has 0 radical (unpaired) electrons. The number of hydrazine groups is 1. The van der Waals surface area contributed by atoms with E-state index in [1.165, 1.54) is 25.7 Å². The summed E-state index contributed by atoms with van der Waals surface area (Å²) in [6, 6.07) is 5.93. The van der Waals surface area contributed by atoms with Crippen molar-refractivity contribution in [3.63, 3.8) is 0 Å². The maximum absolute atomic E-state index is 5.81. The third-order valence-electron chi connectivity index (χ3n) is 4.13. The summed E-state index contributed by atoms with van der Waals surface area (Å²) in [5.41, 5.74) is 4.01. The molecule has 2 unspecified atom stereocenters. The molecule has 0 aliphatic heterocycles. The SMILES string of the molecule is CCCCC(CC)CC(NN)c1cc(OC)ccc1OC. The molecular formula is C17H30N2O2. The molecule has 0 spiro atoms. The van der Waals surface area contributed by atoms with Crippen molar-refractivity contribution >= 4 is 0 Å². The zero-order chi connectivity index (χ0) is 15.7. The summed E-state index contributed by atoms with van der Waals surface area (Å²) in [6.45, 7) is 4.48. The van der Waals surface area contributed by atoms with E-state index in [0.29, 0.717) is 5.92 Å². The molecule has 21 heavy (non-hydrogen) atoms. The van der Waals surface area contributed by atoms with Gasteiger partial charge in [0.1, 0.15) is 11.5 Å². The first-order valence-corrected chi connectivity index (χ1v) is 7.88. The fraction of sp³-hybridized carbons (Fsp3) is 0.647. The average Bonchev–Trinajstić information content (AvgIpc) is 2.54. The van der Waals surface area contributed by atoms with Gasteiger partial charge in [-0.05, 0) is 30.5 Å². The van der Waals surface area contributed by atoms with Crippen molar-refractivity contribution in [2.45, 2.75) is 52.0 Å². The highest BCUT2D eigenvalue weighted by Crippen LogP contribution is 2.34. The third-order valence-corrected chi connectivity index (χ3v) is 4.13. The second-order valence-electron chi connectivity index (χ2n) is 5.48. The van der Waals surface area contributed by atoms with Gasteiger partial charge in [0.15, 0.2) is 0 Å². The van der Waals surface area contributed by atoms with E-state index in [-0.39, 0.29) is 6.04 Å². The van der Waals surface area contributed by atoms with Gasteiger partial charge in [-0.2, -0.15) is 0 Å². The Hall–Kier alpha value is -1.26. The van der Waals surface area contributed by atoms with E-state index in [2.05, 4.69) is 19.3 Å². The average molecular weight is 294 g/mol. The Kier molecular flexibility index (Phi) is 8.16. The molecule has 2 atom stereocenters. The van der Waals surface area contributed by atoms with E-state index in [4.69, 9.17) is 15.3 Å². The Morgan fingerprint density at radius 3 is 2.48 bits per heavy atom. The molecule has 1 aromatic rings. The van der Waals surface area contributed by atoms with E-state index in [9.17, 15) is 0 Å². The van der Waals surface area contributed by atoms with Crippen molar-refractivity contribution in [3.05, 3.63) is 23.8 Å². The molecule has 0 fully saturated rings. The van der Waals surface area contributed by atoms with E-state index in [0.717, 1.165) is 23.5 Å². The van der Waals surface area contributed by atoms with Crippen molar-refractivity contribution < 1.29 is 9.47 Å². The normalized spacial score (nSPS) is 13.8. The number of ether oxygens (including phenoxy) is 2. The van der Waals surface area contributed by atoms with E-state index < -0.39 is 0 Å². The van der Waals surface area contributed by atoms with Gasteiger partial charge in [-0.15, -0.1) is 0 Å². The van der Waals surface area contributed by atoms with Crippen LogP contribution in [0.1, 0.15) is 57.6 Å². The number of hydrogen-bond acceptors (Lipinski definition) is 4. The number of nitrogens with two attached hydrogens (primary N) is 1. The fourth-order valence-electron chi connectivity index (χ4n) is 2.71.